The Labute approximate surface area is 138 Å². The van der Waals surface area contributed by atoms with Crippen LogP contribution in [0.1, 0.15) is 24.4 Å². The molecule has 2 saturated heterocycles. The van der Waals surface area contributed by atoms with E-state index < -0.39 is 10.2 Å². The van der Waals surface area contributed by atoms with Crippen molar-refractivity contribution in [2.45, 2.75) is 18.9 Å². The normalized spacial score (nSPS) is 24.9. The second-order valence-corrected chi connectivity index (χ2v) is 8.17. The standard InChI is InChI=1S/C16H25N3O3S/c1-17-11-12-19(23(20,21)18-9-3-4-10-18)13-16(17)14-5-7-15(22-2)8-6-14/h5-8,16H,3-4,9-13H2,1-2H3. The molecule has 2 fully saturated rings. The van der Waals surface area contributed by atoms with E-state index >= 15 is 0 Å². The molecule has 0 saturated carbocycles. The molecule has 0 spiro atoms. The van der Waals surface area contributed by atoms with E-state index in [0.717, 1.165) is 30.7 Å². The molecule has 0 radical (unpaired) electrons. The minimum absolute atomic E-state index is 0.0760. The van der Waals surface area contributed by atoms with Crippen LogP contribution in [0.4, 0.5) is 0 Å². The number of piperazine rings is 1. The second-order valence-electron chi connectivity index (χ2n) is 6.24. The van der Waals surface area contributed by atoms with Gasteiger partial charge in [-0.2, -0.15) is 17.0 Å². The van der Waals surface area contributed by atoms with Crippen LogP contribution >= 0.6 is 0 Å². The zero-order valence-corrected chi connectivity index (χ0v) is 14.6. The molecule has 1 atom stereocenters. The van der Waals surface area contributed by atoms with Gasteiger partial charge in [-0.3, -0.25) is 4.90 Å². The number of benzene rings is 1. The lowest BCUT2D eigenvalue weighted by atomic mass is 10.0. The van der Waals surface area contributed by atoms with Crippen LogP contribution in [0, 0.1) is 0 Å². The van der Waals surface area contributed by atoms with Crippen molar-refractivity contribution < 1.29 is 13.2 Å². The van der Waals surface area contributed by atoms with Crippen molar-refractivity contribution in [3.8, 4) is 5.75 Å². The van der Waals surface area contributed by atoms with E-state index in [1.54, 1.807) is 15.7 Å². The van der Waals surface area contributed by atoms with Crippen LogP contribution in [0.25, 0.3) is 0 Å². The van der Waals surface area contributed by atoms with Crippen LogP contribution in [0.5, 0.6) is 5.75 Å². The summed E-state index contributed by atoms with van der Waals surface area (Å²) in [5.74, 6) is 0.814. The van der Waals surface area contributed by atoms with E-state index in [0.29, 0.717) is 26.2 Å². The van der Waals surface area contributed by atoms with Crippen molar-refractivity contribution in [3.63, 3.8) is 0 Å². The summed E-state index contributed by atoms with van der Waals surface area (Å²) >= 11 is 0. The third kappa shape index (κ3) is 3.38. The Bertz CT molecular complexity index is 626. The number of methoxy groups -OCH3 is 1. The molecule has 7 heteroatoms. The molecular weight excluding hydrogens is 314 g/mol. The topological polar surface area (TPSA) is 53.1 Å². The van der Waals surface area contributed by atoms with Gasteiger partial charge in [-0.25, -0.2) is 0 Å². The quantitative estimate of drug-likeness (QED) is 0.830. The minimum atomic E-state index is -3.32. The number of likely N-dealkylation sites (N-methyl/N-ethyl adjacent to an activating group) is 1. The van der Waals surface area contributed by atoms with E-state index in [1.807, 2.05) is 24.3 Å². The maximum absolute atomic E-state index is 12.8. The lowest BCUT2D eigenvalue weighted by Gasteiger charge is -2.40. The van der Waals surface area contributed by atoms with Gasteiger partial charge in [0.1, 0.15) is 5.75 Å². The summed E-state index contributed by atoms with van der Waals surface area (Å²) in [7, 11) is 0.372. The minimum Gasteiger partial charge on any atom is -0.497 e. The highest BCUT2D eigenvalue weighted by Gasteiger charge is 2.36. The van der Waals surface area contributed by atoms with Gasteiger partial charge >= 0.3 is 0 Å². The van der Waals surface area contributed by atoms with Gasteiger partial charge in [0.05, 0.1) is 7.11 Å². The summed E-state index contributed by atoms with van der Waals surface area (Å²) in [5.41, 5.74) is 1.12. The molecular formula is C16H25N3O3S. The van der Waals surface area contributed by atoms with Gasteiger partial charge in [0, 0.05) is 38.8 Å². The van der Waals surface area contributed by atoms with Crippen molar-refractivity contribution in [2.24, 2.45) is 0 Å². The van der Waals surface area contributed by atoms with Gasteiger partial charge < -0.3 is 4.74 Å². The third-order valence-electron chi connectivity index (χ3n) is 4.83. The van der Waals surface area contributed by atoms with Gasteiger partial charge in [-0.15, -0.1) is 0 Å². The lowest BCUT2D eigenvalue weighted by Crippen LogP contribution is -2.52. The summed E-state index contributed by atoms with van der Waals surface area (Å²) in [4.78, 5) is 2.22. The highest BCUT2D eigenvalue weighted by atomic mass is 32.2. The molecule has 2 aliphatic rings. The molecule has 2 heterocycles. The molecule has 6 nitrogen and oxygen atoms in total. The molecule has 0 amide bonds. The second kappa shape index (κ2) is 6.76. The van der Waals surface area contributed by atoms with Gasteiger partial charge in [0.2, 0.25) is 0 Å². The Morgan fingerprint density at radius 1 is 1.00 bits per heavy atom. The summed E-state index contributed by atoms with van der Waals surface area (Å²) in [6, 6.07) is 7.97. The fourth-order valence-corrected chi connectivity index (χ4v) is 5.01. The molecule has 0 aliphatic carbocycles. The van der Waals surface area contributed by atoms with Gasteiger partial charge in [0.15, 0.2) is 0 Å². The molecule has 128 valence electrons. The first-order valence-electron chi connectivity index (χ1n) is 8.12. The van der Waals surface area contributed by atoms with Gasteiger partial charge in [-0.1, -0.05) is 12.1 Å². The van der Waals surface area contributed by atoms with Crippen molar-refractivity contribution in [1.82, 2.24) is 13.5 Å². The van der Waals surface area contributed by atoms with Crippen LogP contribution in [0.2, 0.25) is 0 Å². The predicted molar refractivity (Wildman–Crippen MR) is 89.7 cm³/mol. The highest BCUT2D eigenvalue weighted by molar-refractivity contribution is 7.86. The molecule has 2 aliphatic heterocycles. The number of ether oxygens (including phenoxy) is 1. The molecule has 1 unspecified atom stereocenters. The smallest absolute Gasteiger partial charge is 0.282 e. The van der Waals surface area contributed by atoms with E-state index in [9.17, 15) is 8.42 Å². The van der Waals surface area contributed by atoms with E-state index in [-0.39, 0.29) is 6.04 Å². The van der Waals surface area contributed by atoms with Crippen LogP contribution in [-0.2, 0) is 10.2 Å². The summed E-state index contributed by atoms with van der Waals surface area (Å²) in [6.45, 7) is 3.11. The zero-order valence-electron chi connectivity index (χ0n) is 13.8. The first kappa shape index (κ1) is 16.7. The molecule has 23 heavy (non-hydrogen) atoms. The molecule has 0 bridgehead atoms. The number of hydrogen-bond donors (Lipinski definition) is 0. The average molecular weight is 339 g/mol. The molecule has 1 aromatic carbocycles. The van der Waals surface area contributed by atoms with Crippen LogP contribution in [-0.4, -0.2) is 68.8 Å². The van der Waals surface area contributed by atoms with Crippen LogP contribution in [0.15, 0.2) is 24.3 Å². The molecule has 0 N–H and O–H groups in total. The Kier molecular flexibility index (Phi) is 4.91. The van der Waals surface area contributed by atoms with Crippen molar-refractivity contribution in [2.75, 3.05) is 46.9 Å². The molecule has 1 aromatic rings. The number of hydrogen-bond acceptors (Lipinski definition) is 4. The zero-order chi connectivity index (χ0) is 16.4. The van der Waals surface area contributed by atoms with Crippen LogP contribution in [0.3, 0.4) is 0 Å². The van der Waals surface area contributed by atoms with Crippen molar-refractivity contribution in [1.29, 1.82) is 0 Å². The Morgan fingerprint density at radius 3 is 2.26 bits per heavy atom. The number of rotatable bonds is 4. The average Bonchev–Trinajstić information content (AvgIpc) is 3.10. The predicted octanol–water partition coefficient (Wildman–Crippen LogP) is 1.32. The highest BCUT2D eigenvalue weighted by Crippen LogP contribution is 2.28. The fourth-order valence-electron chi connectivity index (χ4n) is 3.33. The number of nitrogens with zero attached hydrogens (tertiary/aromatic N) is 3. The van der Waals surface area contributed by atoms with Crippen LogP contribution < -0.4 is 4.74 Å². The largest absolute Gasteiger partial charge is 0.497 e. The van der Waals surface area contributed by atoms with E-state index in [4.69, 9.17) is 4.74 Å². The van der Waals surface area contributed by atoms with Gasteiger partial charge in [-0.05, 0) is 37.6 Å². The molecule has 0 aromatic heterocycles. The summed E-state index contributed by atoms with van der Waals surface area (Å²) in [6.07, 6.45) is 1.93. The Balaban J connectivity index is 1.78. The fraction of sp³-hybridized carbons (Fsp3) is 0.625. The van der Waals surface area contributed by atoms with E-state index in [2.05, 4.69) is 11.9 Å². The monoisotopic (exact) mass is 339 g/mol. The maximum atomic E-state index is 12.8. The van der Waals surface area contributed by atoms with Crippen molar-refractivity contribution >= 4 is 10.2 Å². The molecule has 3 rings (SSSR count). The van der Waals surface area contributed by atoms with Crippen molar-refractivity contribution in [3.05, 3.63) is 29.8 Å². The summed E-state index contributed by atoms with van der Waals surface area (Å²) < 4.78 is 34.0. The maximum Gasteiger partial charge on any atom is 0.282 e. The first-order chi connectivity index (χ1) is 11.0. The third-order valence-corrected chi connectivity index (χ3v) is 6.83. The SMILES string of the molecule is COc1ccc(C2CN(S(=O)(=O)N3CCCC3)CCN2C)cc1. The van der Waals surface area contributed by atoms with E-state index in [1.165, 1.54) is 0 Å². The lowest BCUT2D eigenvalue weighted by molar-refractivity contribution is 0.143. The Hall–Kier alpha value is -1.15. The summed E-state index contributed by atoms with van der Waals surface area (Å²) in [5, 5.41) is 0. The van der Waals surface area contributed by atoms with Gasteiger partial charge in [0.25, 0.3) is 10.2 Å². The Morgan fingerprint density at radius 2 is 1.65 bits per heavy atom. The first-order valence-corrected chi connectivity index (χ1v) is 9.51.